The number of rotatable bonds is 5. The van der Waals surface area contributed by atoms with E-state index in [0.717, 1.165) is 30.7 Å². The zero-order valence-electron chi connectivity index (χ0n) is 12.3. The van der Waals surface area contributed by atoms with Crippen LogP contribution in [0.2, 0.25) is 0 Å². The lowest BCUT2D eigenvalue weighted by Gasteiger charge is -2.20. The van der Waals surface area contributed by atoms with Gasteiger partial charge < -0.3 is 10.3 Å². The number of carbonyl (C=O) groups is 1. The molecule has 3 rings (SSSR count). The molecule has 2 heterocycles. The third-order valence-corrected chi connectivity index (χ3v) is 3.99. The van der Waals surface area contributed by atoms with Crippen LogP contribution in [-0.4, -0.2) is 32.2 Å². The SMILES string of the molecule is O=C(NCCCn1ncccc1=O)C1CCc2nc[nH]c2C1. The quantitative estimate of drug-likeness (QED) is 0.776. The molecule has 0 aliphatic heterocycles. The van der Waals surface area contributed by atoms with E-state index < -0.39 is 0 Å². The summed E-state index contributed by atoms with van der Waals surface area (Å²) in [6.07, 6.45) is 6.37. The number of imidazole rings is 1. The molecule has 0 spiro atoms. The predicted molar refractivity (Wildman–Crippen MR) is 80.2 cm³/mol. The van der Waals surface area contributed by atoms with Crippen LogP contribution in [0, 0.1) is 5.92 Å². The highest BCUT2D eigenvalue weighted by Gasteiger charge is 2.25. The lowest BCUT2D eigenvalue weighted by atomic mass is 9.89. The van der Waals surface area contributed by atoms with Gasteiger partial charge in [-0.25, -0.2) is 9.67 Å². The van der Waals surface area contributed by atoms with E-state index in [2.05, 4.69) is 20.4 Å². The second-order valence-electron chi connectivity index (χ2n) is 5.50. The van der Waals surface area contributed by atoms with Crippen molar-refractivity contribution in [1.29, 1.82) is 0 Å². The first-order valence-corrected chi connectivity index (χ1v) is 7.55. The zero-order chi connectivity index (χ0) is 15.4. The smallest absolute Gasteiger partial charge is 0.266 e. The van der Waals surface area contributed by atoms with E-state index in [1.165, 1.54) is 10.7 Å². The molecular formula is C15H19N5O2. The molecule has 0 bridgehead atoms. The normalized spacial score (nSPS) is 17.0. The van der Waals surface area contributed by atoms with E-state index in [4.69, 9.17) is 0 Å². The summed E-state index contributed by atoms with van der Waals surface area (Å²) in [7, 11) is 0. The Morgan fingerprint density at radius 3 is 3.27 bits per heavy atom. The first kappa shape index (κ1) is 14.5. The summed E-state index contributed by atoms with van der Waals surface area (Å²) < 4.78 is 1.41. The van der Waals surface area contributed by atoms with Crippen LogP contribution in [0.4, 0.5) is 0 Å². The van der Waals surface area contributed by atoms with Crippen LogP contribution in [0.3, 0.4) is 0 Å². The van der Waals surface area contributed by atoms with Gasteiger partial charge in [0.1, 0.15) is 0 Å². The van der Waals surface area contributed by atoms with Crippen LogP contribution in [-0.2, 0) is 24.2 Å². The largest absolute Gasteiger partial charge is 0.356 e. The number of carbonyl (C=O) groups excluding carboxylic acids is 1. The van der Waals surface area contributed by atoms with Gasteiger partial charge in [-0.1, -0.05) is 0 Å². The summed E-state index contributed by atoms with van der Waals surface area (Å²) in [5.74, 6) is 0.0825. The maximum absolute atomic E-state index is 12.2. The molecule has 1 aliphatic carbocycles. The fraction of sp³-hybridized carbons (Fsp3) is 0.467. The second kappa shape index (κ2) is 6.55. The number of nitrogens with zero attached hydrogens (tertiary/aromatic N) is 3. The van der Waals surface area contributed by atoms with Crippen molar-refractivity contribution in [3.8, 4) is 0 Å². The third-order valence-electron chi connectivity index (χ3n) is 3.99. The monoisotopic (exact) mass is 301 g/mol. The number of fused-ring (bicyclic) bond motifs is 1. The summed E-state index contributed by atoms with van der Waals surface area (Å²) in [4.78, 5) is 31.0. The number of aromatic amines is 1. The molecule has 1 unspecified atom stereocenters. The minimum atomic E-state index is -0.118. The van der Waals surface area contributed by atoms with Gasteiger partial charge >= 0.3 is 0 Å². The van der Waals surface area contributed by atoms with Gasteiger partial charge in [0.15, 0.2) is 0 Å². The van der Waals surface area contributed by atoms with Crippen molar-refractivity contribution in [2.75, 3.05) is 6.54 Å². The fourth-order valence-corrected chi connectivity index (χ4v) is 2.76. The Kier molecular flexibility index (Phi) is 4.32. The van der Waals surface area contributed by atoms with Gasteiger partial charge in [-0.3, -0.25) is 9.59 Å². The molecule has 0 radical (unpaired) electrons. The topological polar surface area (TPSA) is 92.7 Å². The summed E-state index contributed by atoms with van der Waals surface area (Å²) in [6, 6.07) is 3.10. The number of amides is 1. The van der Waals surface area contributed by atoms with Crippen molar-refractivity contribution < 1.29 is 4.79 Å². The molecular weight excluding hydrogens is 282 g/mol. The highest BCUT2D eigenvalue weighted by molar-refractivity contribution is 5.79. The van der Waals surface area contributed by atoms with E-state index in [1.54, 1.807) is 18.6 Å². The molecule has 2 aromatic heterocycles. The minimum absolute atomic E-state index is 0.00511. The molecule has 1 atom stereocenters. The lowest BCUT2D eigenvalue weighted by Crippen LogP contribution is -2.35. The van der Waals surface area contributed by atoms with Gasteiger partial charge in [0.25, 0.3) is 5.56 Å². The maximum atomic E-state index is 12.2. The van der Waals surface area contributed by atoms with E-state index in [1.807, 2.05) is 0 Å². The average Bonchev–Trinajstić information content (AvgIpc) is 3.00. The van der Waals surface area contributed by atoms with Crippen molar-refractivity contribution in [1.82, 2.24) is 25.1 Å². The Balaban J connectivity index is 1.44. The van der Waals surface area contributed by atoms with Gasteiger partial charge in [-0.15, -0.1) is 0 Å². The number of hydrogen-bond acceptors (Lipinski definition) is 4. The van der Waals surface area contributed by atoms with Gasteiger partial charge in [-0.2, -0.15) is 5.10 Å². The van der Waals surface area contributed by atoms with Gasteiger partial charge in [0, 0.05) is 43.4 Å². The number of aromatic nitrogens is 4. The van der Waals surface area contributed by atoms with Crippen molar-refractivity contribution in [2.45, 2.75) is 32.2 Å². The predicted octanol–water partition coefficient (Wildman–Crippen LogP) is 0.278. The molecule has 116 valence electrons. The van der Waals surface area contributed by atoms with Crippen LogP contribution in [0.1, 0.15) is 24.2 Å². The van der Waals surface area contributed by atoms with Crippen LogP contribution < -0.4 is 10.9 Å². The molecule has 7 heteroatoms. The highest BCUT2D eigenvalue weighted by Crippen LogP contribution is 2.22. The molecule has 1 aliphatic rings. The third kappa shape index (κ3) is 3.24. The number of aryl methyl sites for hydroxylation is 2. The van der Waals surface area contributed by atoms with Gasteiger partial charge in [-0.05, 0) is 25.3 Å². The molecule has 1 amide bonds. The molecule has 22 heavy (non-hydrogen) atoms. The zero-order valence-corrected chi connectivity index (χ0v) is 12.3. The Bertz CT molecular complexity index is 706. The summed E-state index contributed by atoms with van der Waals surface area (Å²) in [5.41, 5.74) is 2.04. The summed E-state index contributed by atoms with van der Waals surface area (Å²) in [5, 5.41) is 6.93. The van der Waals surface area contributed by atoms with Crippen LogP contribution >= 0.6 is 0 Å². The Labute approximate surface area is 127 Å². The van der Waals surface area contributed by atoms with Crippen LogP contribution in [0.5, 0.6) is 0 Å². The van der Waals surface area contributed by atoms with Crippen molar-refractivity contribution in [3.05, 3.63) is 46.4 Å². The Morgan fingerprint density at radius 1 is 1.50 bits per heavy atom. The summed E-state index contributed by atoms with van der Waals surface area (Å²) in [6.45, 7) is 1.06. The standard InChI is InChI=1S/C15H19N5O2/c21-14-3-1-7-19-20(14)8-2-6-16-15(22)11-4-5-12-13(9-11)18-10-17-12/h1,3,7,10-11H,2,4-6,8-9H2,(H,16,22)(H,17,18). The Morgan fingerprint density at radius 2 is 2.41 bits per heavy atom. The number of H-pyrrole nitrogens is 1. The van der Waals surface area contributed by atoms with Crippen LogP contribution in [0.15, 0.2) is 29.5 Å². The van der Waals surface area contributed by atoms with E-state index in [0.29, 0.717) is 19.5 Å². The van der Waals surface area contributed by atoms with Crippen LogP contribution in [0.25, 0.3) is 0 Å². The maximum Gasteiger partial charge on any atom is 0.266 e. The first-order valence-electron chi connectivity index (χ1n) is 7.55. The number of nitrogens with one attached hydrogen (secondary N) is 2. The van der Waals surface area contributed by atoms with Crippen molar-refractivity contribution in [3.63, 3.8) is 0 Å². The highest BCUT2D eigenvalue weighted by atomic mass is 16.2. The molecule has 2 N–H and O–H groups in total. The minimum Gasteiger partial charge on any atom is -0.356 e. The fourth-order valence-electron chi connectivity index (χ4n) is 2.76. The second-order valence-corrected chi connectivity index (χ2v) is 5.50. The molecule has 0 fully saturated rings. The molecule has 0 saturated carbocycles. The number of hydrogen-bond donors (Lipinski definition) is 2. The molecule has 0 saturated heterocycles. The lowest BCUT2D eigenvalue weighted by molar-refractivity contribution is -0.125. The molecule has 7 nitrogen and oxygen atoms in total. The van der Waals surface area contributed by atoms with Crippen molar-refractivity contribution in [2.24, 2.45) is 5.92 Å². The average molecular weight is 301 g/mol. The van der Waals surface area contributed by atoms with Crippen molar-refractivity contribution >= 4 is 5.91 Å². The van der Waals surface area contributed by atoms with Gasteiger partial charge in [0.2, 0.25) is 5.91 Å². The summed E-state index contributed by atoms with van der Waals surface area (Å²) >= 11 is 0. The first-order chi connectivity index (χ1) is 10.7. The van der Waals surface area contributed by atoms with Gasteiger partial charge in [0.05, 0.1) is 12.0 Å². The van der Waals surface area contributed by atoms with E-state index >= 15 is 0 Å². The molecule has 2 aromatic rings. The Hall–Kier alpha value is -2.44. The van der Waals surface area contributed by atoms with E-state index in [9.17, 15) is 9.59 Å². The molecule has 0 aromatic carbocycles. The van der Waals surface area contributed by atoms with E-state index in [-0.39, 0.29) is 17.4 Å².